The molecule has 1 fully saturated rings. The second-order valence-electron chi connectivity index (χ2n) is 3.00. The number of nitrogens with one attached hydrogen (secondary N) is 1. The van der Waals surface area contributed by atoms with Crippen LogP contribution in [0.3, 0.4) is 0 Å². The third-order valence-electron chi connectivity index (χ3n) is 1.93. The summed E-state index contributed by atoms with van der Waals surface area (Å²) < 4.78 is 15.1. The molecule has 1 heterocycles. The molecule has 1 rings (SSSR count). The molecule has 0 aromatic rings. The van der Waals surface area contributed by atoms with E-state index in [1.807, 2.05) is 6.92 Å². The Morgan fingerprint density at radius 1 is 1.54 bits per heavy atom. The van der Waals surface area contributed by atoms with Crippen molar-refractivity contribution >= 4 is 6.09 Å². The van der Waals surface area contributed by atoms with E-state index in [0.29, 0.717) is 26.2 Å². The maximum absolute atomic E-state index is 10.7. The van der Waals surface area contributed by atoms with Crippen LogP contribution in [0.25, 0.3) is 0 Å². The third-order valence-corrected chi connectivity index (χ3v) is 1.93. The van der Waals surface area contributed by atoms with Crippen LogP contribution in [-0.4, -0.2) is 38.7 Å². The molecule has 0 atom stereocenters. The Hall–Kier alpha value is -0.810. The number of hydrogen-bond acceptors (Lipinski definition) is 4. The van der Waals surface area contributed by atoms with Gasteiger partial charge in [-0.3, -0.25) is 0 Å². The van der Waals surface area contributed by atoms with Crippen LogP contribution in [0, 0.1) is 0 Å². The molecule has 1 aliphatic heterocycles. The van der Waals surface area contributed by atoms with E-state index in [-0.39, 0.29) is 0 Å². The van der Waals surface area contributed by atoms with Crippen LogP contribution < -0.4 is 5.32 Å². The van der Waals surface area contributed by atoms with Crippen molar-refractivity contribution in [2.45, 2.75) is 19.1 Å². The summed E-state index contributed by atoms with van der Waals surface area (Å²) in [5.41, 5.74) is 0. The Bertz CT molecular complexity index is 177. The standard InChI is InChI=1S/C8H15NO4/c1-8(12-5-6-13-8)3-4-9-7(10)11-2/h3-6H2,1-2H3,(H,9,10). The molecule has 13 heavy (non-hydrogen) atoms. The summed E-state index contributed by atoms with van der Waals surface area (Å²) in [5.74, 6) is -0.541. The highest BCUT2D eigenvalue weighted by Crippen LogP contribution is 2.21. The normalized spacial score (nSPS) is 19.8. The van der Waals surface area contributed by atoms with Gasteiger partial charge in [0, 0.05) is 13.0 Å². The van der Waals surface area contributed by atoms with E-state index in [2.05, 4.69) is 10.1 Å². The van der Waals surface area contributed by atoms with Gasteiger partial charge in [-0.2, -0.15) is 0 Å². The number of carbonyl (C=O) groups excluding carboxylic acids is 1. The maximum Gasteiger partial charge on any atom is 0.406 e. The molecule has 0 unspecified atom stereocenters. The van der Waals surface area contributed by atoms with E-state index >= 15 is 0 Å². The van der Waals surface area contributed by atoms with Gasteiger partial charge < -0.3 is 19.5 Å². The lowest BCUT2D eigenvalue weighted by atomic mass is 10.2. The van der Waals surface area contributed by atoms with Gasteiger partial charge in [0.25, 0.3) is 0 Å². The Morgan fingerprint density at radius 2 is 2.15 bits per heavy atom. The fourth-order valence-electron chi connectivity index (χ4n) is 1.16. The predicted molar refractivity (Wildman–Crippen MR) is 45.3 cm³/mol. The van der Waals surface area contributed by atoms with E-state index in [9.17, 15) is 4.79 Å². The van der Waals surface area contributed by atoms with Gasteiger partial charge in [0.05, 0.1) is 20.3 Å². The molecule has 0 aliphatic carbocycles. The first-order valence-electron chi connectivity index (χ1n) is 4.26. The van der Waals surface area contributed by atoms with Crippen LogP contribution in [0.15, 0.2) is 0 Å². The molecule has 76 valence electrons. The molecular formula is C8H15NO4. The predicted octanol–water partition coefficient (Wildman–Crippen LogP) is 0.496. The van der Waals surface area contributed by atoms with E-state index in [0.717, 1.165) is 0 Å². The fraction of sp³-hybridized carbons (Fsp3) is 0.875. The van der Waals surface area contributed by atoms with Crippen molar-refractivity contribution in [2.24, 2.45) is 0 Å². The Morgan fingerprint density at radius 3 is 2.69 bits per heavy atom. The maximum atomic E-state index is 10.7. The van der Waals surface area contributed by atoms with Gasteiger partial charge in [-0.1, -0.05) is 0 Å². The van der Waals surface area contributed by atoms with Crippen molar-refractivity contribution in [3.05, 3.63) is 0 Å². The average Bonchev–Trinajstić information content (AvgIpc) is 2.52. The van der Waals surface area contributed by atoms with E-state index < -0.39 is 11.9 Å². The highest BCUT2D eigenvalue weighted by atomic mass is 16.7. The van der Waals surface area contributed by atoms with Crippen molar-refractivity contribution in [2.75, 3.05) is 26.9 Å². The SMILES string of the molecule is COC(=O)NCCC1(C)OCCO1. The van der Waals surface area contributed by atoms with Crippen LogP contribution in [0.4, 0.5) is 4.79 Å². The Kier molecular flexibility index (Phi) is 3.50. The van der Waals surface area contributed by atoms with Crippen molar-refractivity contribution < 1.29 is 19.0 Å². The van der Waals surface area contributed by atoms with Gasteiger partial charge in [-0.25, -0.2) is 4.79 Å². The minimum atomic E-state index is -0.541. The minimum Gasteiger partial charge on any atom is -0.453 e. The van der Waals surface area contributed by atoms with Gasteiger partial charge >= 0.3 is 6.09 Å². The van der Waals surface area contributed by atoms with Crippen LogP contribution in [-0.2, 0) is 14.2 Å². The molecule has 0 aromatic heterocycles. The topological polar surface area (TPSA) is 56.8 Å². The number of carbonyl (C=O) groups is 1. The molecule has 5 heteroatoms. The molecule has 0 bridgehead atoms. The zero-order chi connectivity index (χ0) is 9.73. The summed E-state index contributed by atoms with van der Waals surface area (Å²) in [6.45, 7) is 3.59. The Labute approximate surface area is 77.3 Å². The van der Waals surface area contributed by atoms with E-state index in [1.165, 1.54) is 7.11 Å². The molecule has 0 saturated carbocycles. The zero-order valence-corrected chi connectivity index (χ0v) is 7.96. The molecule has 1 amide bonds. The van der Waals surface area contributed by atoms with Crippen molar-refractivity contribution in [3.8, 4) is 0 Å². The molecule has 0 radical (unpaired) electrons. The van der Waals surface area contributed by atoms with Gasteiger partial charge in [-0.05, 0) is 6.92 Å². The van der Waals surface area contributed by atoms with Gasteiger partial charge in [-0.15, -0.1) is 0 Å². The van der Waals surface area contributed by atoms with Crippen molar-refractivity contribution in [1.29, 1.82) is 0 Å². The van der Waals surface area contributed by atoms with Crippen LogP contribution >= 0.6 is 0 Å². The summed E-state index contributed by atoms with van der Waals surface area (Å²) in [4.78, 5) is 10.7. The molecule has 1 aliphatic rings. The first-order chi connectivity index (χ1) is 6.16. The number of methoxy groups -OCH3 is 1. The lowest BCUT2D eigenvalue weighted by Crippen LogP contribution is -2.33. The Balaban J connectivity index is 2.14. The van der Waals surface area contributed by atoms with Crippen LogP contribution in [0.2, 0.25) is 0 Å². The summed E-state index contributed by atoms with van der Waals surface area (Å²) in [7, 11) is 1.33. The monoisotopic (exact) mass is 189 g/mol. The lowest BCUT2D eigenvalue weighted by Gasteiger charge is -2.21. The first kappa shape index (κ1) is 10.3. The number of ether oxygens (including phenoxy) is 3. The largest absolute Gasteiger partial charge is 0.453 e. The van der Waals surface area contributed by atoms with Crippen LogP contribution in [0.1, 0.15) is 13.3 Å². The first-order valence-corrected chi connectivity index (χ1v) is 4.26. The molecule has 5 nitrogen and oxygen atoms in total. The number of amides is 1. The number of rotatable bonds is 3. The van der Waals surface area contributed by atoms with E-state index in [4.69, 9.17) is 9.47 Å². The molecule has 1 saturated heterocycles. The molecule has 0 aromatic carbocycles. The number of alkyl carbamates (subject to hydrolysis) is 1. The second kappa shape index (κ2) is 4.43. The summed E-state index contributed by atoms with van der Waals surface area (Å²) in [5, 5.41) is 2.56. The highest BCUT2D eigenvalue weighted by molar-refractivity contribution is 5.66. The minimum absolute atomic E-state index is 0.429. The van der Waals surface area contributed by atoms with E-state index in [1.54, 1.807) is 0 Å². The molecule has 1 N–H and O–H groups in total. The van der Waals surface area contributed by atoms with Crippen LogP contribution in [0.5, 0.6) is 0 Å². The summed E-state index contributed by atoms with van der Waals surface area (Å²) in [6.07, 6.45) is 0.198. The van der Waals surface area contributed by atoms with Gasteiger partial charge in [0.1, 0.15) is 0 Å². The highest BCUT2D eigenvalue weighted by Gasteiger charge is 2.30. The zero-order valence-electron chi connectivity index (χ0n) is 7.96. The lowest BCUT2D eigenvalue weighted by molar-refractivity contribution is -0.145. The number of hydrogen-bond donors (Lipinski definition) is 1. The fourth-order valence-corrected chi connectivity index (χ4v) is 1.16. The van der Waals surface area contributed by atoms with Gasteiger partial charge in [0.2, 0.25) is 0 Å². The third kappa shape index (κ3) is 3.20. The smallest absolute Gasteiger partial charge is 0.406 e. The molecule has 0 spiro atoms. The second-order valence-corrected chi connectivity index (χ2v) is 3.00. The van der Waals surface area contributed by atoms with Crippen molar-refractivity contribution in [1.82, 2.24) is 5.32 Å². The van der Waals surface area contributed by atoms with Crippen molar-refractivity contribution in [3.63, 3.8) is 0 Å². The quantitative estimate of drug-likeness (QED) is 0.702. The van der Waals surface area contributed by atoms with Gasteiger partial charge in [0.15, 0.2) is 5.79 Å². The molecular weight excluding hydrogens is 174 g/mol. The summed E-state index contributed by atoms with van der Waals surface area (Å²) in [6, 6.07) is 0. The average molecular weight is 189 g/mol. The summed E-state index contributed by atoms with van der Waals surface area (Å²) >= 11 is 0.